The lowest BCUT2D eigenvalue weighted by atomic mass is 10.2. The maximum Gasteiger partial charge on any atom is 0.309 e. The summed E-state index contributed by atoms with van der Waals surface area (Å²) in [4.78, 5) is 24.3. The van der Waals surface area contributed by atoms with Gasteiger partial charge in [0.05, 0.1) is 25.2 Å². The maximum absolute atomic E-state index is 13.0. The van der Waals surface area contributed by atoms with Crippen molar-refractivity contribution in [2.24, 2.45) is 0 Å². The third-order valence-corrected chi connectivity index (χ3v) is 6.66. The first-order valence-corrected chi connectivity index (χ1v) is 11.2. The van der Waals surface area contributed by atoms with E-state index in [9.17, 15) is 18.0 Å². The Morgan fingerprint density at radius 3 is 2.42 bits per heavy atom. The van der Waals surface area contributed by atoms with E-state index in [1.165, 1.54) is 23.5 Å². The highest BCUT2D eigenvalue weighted by atomic mass is 32.2. The molecule has 1 saturated heterocycles. The Kier molecular flexibility index (Phi) is 7.61. The first-order chi connectivity index (χ1) is 14.9. The Labute approximate surface area is 181 Å². The lowest BCUT2D eigenvalue weighted by Crippen LogP contribution is -2.53. The highest BCUT2D eigenvalue weighted by molar-refractivity contribution is 7.89. The van der Waals surface area contributed by atoms with Crippen molar-refractivity contribution < 1.29 is 27.5 Å². The second kappa shape index (κ2) is 10.4. The number of ether oxygens (including phenoxy) is 2. The predicted octanol–water partition coefficient (Wildman–Crippen LogP) is 0.865. The standard InChI is InChI=1S/C21H25N3O6S/c1-29-17-8-10-18(11-9-17)31(27,28)24-12-5-13-30-19(24)15-23-21(26)20(25)22-14-16-6-3-2-4-7-16/h2-4,6-11,19H,5,12-15H2,1H3,(H,22,25)(H,23,26)/t19-/m1/s1. The molecule has 0 radical (unpaired) electrons. The van der Waals surface area contributed by atoms with Crippen molar-refractivity contribution in [1.29, 1.82) is 0 Å². The fraction of sp³-hybridized carbons (Fsp3) is 0.333. The van der Waals surface area contributed by atoms with Crippen molar-refractivity contribution in [1.82, 2.24) is 14.9 Å². The smallest absolute Gasteiger partial charge is 0.309 e. The van der Waals surface area contributed by atoms with Gasteiger partial charge in [-0.15, -0.1) is 0 Å². The quantitative estimate of drug-likeness (QED) is 0.609. The van der Waals surface area contributed by atoms with Gasteiger partial charge in [0.1, 0.15) is 12.0 Å². The molecule has 31 heavy (non-hydrogen) atoms. The summed E-state index contributed by atoms with van der Waals surface area (Å²) in [6.45, 7) is 0.669. The zero-order valence-corrected chi connectivity index (χ0v) is 17.9. The van der Waals surface area contributed by atoms with Crippen LogP contribution in [0.15, 0.2) is 59.5 Å². The number of amides is 2. The first kappa shape index (κ1) is 22.7. The molecule has 0 aliphatic carbocycles. The number of hydrogen-bond donors (Lipinski definition) is 2. The monoisotopic (exact) mass is 447 g/mol. The van der Waals surface area contributed by atoms with Gasteiger partial charge in [-0.05, 0) is 36.2 Å². The molecule has 0 saturated carbocycles. The summed E-state index contributed by atoms with van der Waals surface area (Å²) in [5.41, 5.74) is 0.857. The summed E-state index contributed by atoms with van der Waals surface area (Å²) >= 11 is 0. The summed E-state index contributed by atoms with van der Waals surface area (Å²) in [5.74, 6) is -1.12. The first-order valence-electron chi connectivity index (χ1n) is 9.79. The van der Waals surface area contributed by atoms with Crippen LogP contribution in [0, 0.1) is 0 Å². The van der Waals surface area contributed by atoms with Crippen molar-refractivity contribution in [2.45, 2.75) is 24.1 Å². The van der Waals surface area contributed by atoms with Gasteiger partial charge in [0.15, 0.2) is 0 Å². The van der Waals surface area contributed by atoms with Gasteiger partial charge in [-0.2, -0.15) is 4.31 Å². The Bertz CT molecular complexity index is 996. The van der Waals surface area contributed by atoms with E-state index in [4.69, 9.17) is 9.47 Å². The van der Waals surface area contributed by atoms with Gasteiger partial charge in [0, 0.05) is 13.1 Å². The number of carbonyl (C=O) groups is 2. The molecule has 166 valence electrons. The Balaban J connectivity index is 1.59. The van der Waals surface area contributed by atoms with Gasteiger partial charge < -0.3 is 20.1 Å². The molecule has 1 atom stereocenters. The number of nitrogens with zero attached hydrogens (tertiary/aromatic N) is 1. The van der Waals surface area contributed by atoms with Gasteiger partial charge in [0.2, 0.25) is 10.0 Å². The Morgan fingerprint density at radius 2 is 1.74 bits per heavy atom. The van der Waals surface area contributed by atoms with E-state index in [1.807, 2.05) is 30.3 Å². The molecule has 1 aliphatic heterocycles. The molecule has 0 unspecified atom stereocenters. The minimum atomic E-state index is -3.85. The van der Waals surface area contributed by atoms with Crippen molar-refractivity contribution in [2.75, 3.05) is 26.8 Å². The van der Waals surface area contributed by atoms with Crippen LogP contribution < -0.4 is 15.4 Å². The fourth-order valence-corrected chi connectivity index (χ4v) is 4.67. The molecule has 2 aromatic rings. The normalized spacial score (nSPS) is 17.0. The van der Waals surface area contributed by atoms with Crippen LogP contribution in [-0.4, -0.2) is 57.6 Å². The second-order valence-corrected chi connectivity index (χ2v) is 8.74. The molecule has 0 bridgehead atoms. The summed E-state index contributed by atoms with van der Waals surface area (Å²) in [7, 11) is -2.35. The van der Waals surface area contributed by atoms with Crippen LogP contribution >= 0.6 is 0 Å². The van der Waals surface area contributed by atoms with E-state index in [2.05, 4.69) is 10.6 Å². The molecule has 9 nitrogen and oxygen atoms in total. The van der Waals surface area contributed by atoms with Gasteiger partial charge in [-0.25, -0.2) is 8.42 Å². The Morgan fingerprint density at radius 1 is 1.06 bits per heavy atom. The minimum Gasteiger partial charge on any atom is -0.497 e. The third kappa shape index (κ3) is 5.81. The fourth-order valence-electron chi connectivity index (χ4n) is 3.10. The van der Waals surface area contributed by atoms with Crippen LogP contribution in [0.2, 0.25) is 0 Å². The summed E-state index contributed by atoms with van der Waals surface area (Å²) < 4.78 is 37.9. The molecule has 1 fully saturated rings. The summed E-state index contributed by atoms with van der Waals surface area (Å²) in [5, 5.41) is 4.99. The van der Waals surface area contributed by atoms with Gasteiger partial charge in [-0.3, -0.25) is 9.59 Å². The average molecular weight is 448 g/mol. The highest BCUT2D eigenvalue weighted by Crippen LogP contribution is 2.23. The number of benzene rings is 2. The molecule has 0 aromatic heterocycles. The van der Waals surface area contributed by atoms with Gasteiger partial charge >= 0.3 is 11.8 Å². The average Bonchev–Trinajstić information content (AvgIpc) is 2.81. The van der Waals surface area contributed by atoms with E-state index in [-0.39, 0.29) is 24.5 Å². The molecular formula is C21H25N3O6S. The van der Waals surface area contributed by atoms with Crippen LogP contribution in [-0.2, 0) is 30.9 Å². The van der Waals surface area contributed by atoms with Gasteiger partial charge in [-0.1, -0.05) is 30.3 Å². The molecule has 3 rings (SSSR count). The lowest BCUT2D eigenvalue weighted by molar-refractivity contribution is -0.140. The number of hydrogen-bond acceptors (Lipinski definition) is 6. The topological polar surface area (TPSA) is 114 Å². The third-order valence-electron chi connectivity index (χ3n) is 4.76. The SMILES string of the molecule is COc1ccc(S(=O)(=O)N2CCCO[C@@H]2CNC(=O)C(=O)NCc2ccccc2)cc1. The largest absolute Gasteiger partial charge is 0.497 e. The number of nitrogens with one attached hydrogen (secondary N) is 2. The zero-order valence-electron chi connectivity index (χ0n) is 17.1. The number of sulfonamides is 1. The van der Waals surface area contributed by atoms with E-state index in [0.29, 0.717) is 18.8 Å². The van der Waals surface area contributed by atoms with Crippen molar-refractivity contribution in [3.05, 3.63) is 60.2 Å². The van der Waals surface area contributed by atoms with Crippen molar-refractivity contribution in [3.63, 3.8) is 0 Å². The van der Waals surface area contributed by atoms with E-state index in [1.54, 1.807) is 12.1 Å². The van der Waals surface area contributed by atoms with Gasteiger partial charge in [0.25, 0.3) is 0 Å². The highest BCUT2D eigenvalue weighted by Gasteiger charge is 2.35. The van der Waals surface area contributed by atoms with Crippen LogP contribution in [0.5, 0.6) is 5.75 Å². The Hall–Kier alpha value is -2.95. The van der Waals surface area contributed by atoms with Crippen LogP contribution in [0.3, 0.4) is 0 Å². The number of carbonyl (C=O) groups excluding carboxylic acids is 2. The molecule has 2 amide bonds. The number of methoxy groups -OCH3 is 1. The summed E-state index contributed by atoms with van der Waals surface area (Å²) in [6, 6.07) is 15.2. The maximum atomic E-state index is 13.0. The van der Waals surface area contributed by atoms with Crippen LogP contribution in [0.1, 0.15) is 12.0 Å². The molecular weight excluding hydrogens is 422 g/mol. The van der Waals surface area contributed by atoms with Crippen molar-refractivity contribution >= 4 is 21.8 Å². The molecule has 2 aromatic carbocycles. The molecule has 1 heterocycles. The molecule has 2 N–H and O–H groups in total. The minimum absolute atomic E-state index is 0.0933. The van der Waals surface area contributed by atoms with E-state index < -0.39 is 28.1 Å². The van der Waals surface area contributed by atoms with Crippen LogP contribution in [0.25, 0.3) is 0 Å². The predicted molar refractivity (Wildman–Crippen MR) is 113 cm³/mol. The molecule has 1 aliphatic rings. The van der Waals surface area contributed by atoms with E-state index >= 15 is 0 Å². The van der Waals surface area contributed by atoms with Crippen molar-refractivity contribution in [3.8, 4) is 5.75 Å². The second-order valence-electron chi connectivity index (χ2n) is 6.85. The number of rotatable bonds is 7. The summed E-state index contributed by atoms with van der Waals surface area (Å²) in [6.07, 6.45) is -0.385. The zero-order chi connectivity index (χ0) is 22.3. The molecule has 10 heteroatoms. The van der Waals surface area contributed by atoms with Crippen LogP contribution in [0.4, 0.5) is 0 Å². The molecule has 0 spiro atoms. The van der Waals surface area contributed by atoms with E-state index in [0.717, 1.165) is 5.56 Å². The lowest BCUT2D eigenvalue weighted by Gasteiger charge is -2.34.